The van der Waals surface area contributed by atoms with Crippen molar-refractivity contribution in [3.05, 3.63) is 47.0 Å². The minimum atomic E-state index is -0.0475. The first kappa shape index (κ1) is 10.8. The summed E-state index contributed by atoms with van der Waals surface area (Å²) in [4.78, 5) is 15.7. The largest absolute Gasteiger partial charge is 0.292 e. The van der Waals surface area contributed by atoms with Crippen LogP contribution in [0.15, 0.2) is 30.7 Å². The molecule has 0 aromatic carbocycles. The fourth-order valence-corrected chi connectivity index (χ4v) is 1.56. The van der Waals surface area contributed by atoms with Gasteiger partial charge in [0.2, 0.25) is 0 Å². The van der Waals surface area contributed by atoms with Crippen LogP contribution in [0, 0.1) is 0 Å². The zero-order valence-corrected chi connectivity index (χ0v) is 9.48. The maximum Gasteiger partial charge on any atom is 0.187 e. The summed E-state index contributed by atoms with van der Waals surface area (Å²) in [5.74, 6) is -0.0475. The van der Waals surface area contributed by atoms with E-state index >= 15 is 0 Å². The van der Waals surface area contributed by atoms with Crippen molar-refractivity contribution in [1.82, 2.24) is 14.8 Å². The summed E-state index contributed by atoms with van der Waals surface area (Å²) in [6.07, 6.45) is 5.13. The Morgan fingerprint density at radius 1 is 1.50 bits per heavy atom. The Kier molecular flexibility index (Phi) is 3.01. The molecule has 4 nitrogen and oxygen atoms in total. The van der Waals surface area contributed by atoms with E-state index in [9.17, 15) is 4.79 Å². The quantitative estimate of drug-likeness (QED) is 0.764. The van der Waals surface area contributed by atoms with E-state index in [1.807, 2.05) is 0 Å². The van der Waals surface area contributed by atoms with Gasteiger partial charge in [-0.1, -0.05) is 11.6 Å². The third-order valence-corrected chi connectivity index (χ3v) is 2.55. The molecule has 0 saturated carbocycles. The van der Waals surface area contributed by atoms with Gasteiger partial charge in [-0.2, -0.15) is 5.10 Å². The van der Waals surface area contributed by atoms with E-state index in [1.165, 1.54) is 6.20 Å². The third kappa shape index (κ3) is 2.28. The van der Waals surface area contributed by atoms with Gasteiger partial charge in [0, 0.05) is 32.1 Å². The van der Waals surface area contributed by atoms with Gasteiger partial charge in [0.1, 0.15) is 5.69 Å². The highest BCUT2D eigenvalue weighted by Crippen LogP contribution is 2.15. The van der Waals surface area contributed by atoms with Crippen LogP contribution in [0.1, 0.15) is 16.1 Å². The van der Waals surface area contributed by atoms with Crippen LogP contribution in [0.4, 0.5) is 0 Å². The van der Waals surface area contributed by atoms with Crippen LogP contribution in [-0.2, 0) is 13.5 Å². The predicted molar refractivity (Wildman–Crippen MR) is 60.5 cm³/mol. The number of ketones is 1. The lowest BCUT2D eigenvalue weighted by Crippen LogP contribution is -2.05. The van der Waals surface area contributed by atoms with Crippen molar-refractivity contribution < 1.29 is 4.79 Å². The van der Waals surface area contributed by atoms with Crippen molar-refractivity contribution in [3.63, 3.8) is 0 Å². The zero-order chi connectivity index (χ0) is 11.5. The average molecular weight is 236 g/mol. The number of rotatable bonds is 3. The Morgan fingerprint density at radius 3 is 2.94 bits per heavy atom. The van der Waals surface area contributed by atoms with Crippen molar-refractivity contribution >= 4 is 17.4 Å². The monoisotopic (exact) mass is 235 g/mol. The van der Waals surface area contributed by atoms with E-state index in [-0.39, 0.29) is 12.2 Å². The van der Waals surface area contributed by atoms with Gasteiger partial charge in [-0.05, 0) is 17.7 Å². The summed E-state index contributed by atoms with van der Waals surface area (Å²) in [5.41, 5.74) is 1.22. The highest BCUT2D eigenvalue weighted by atomic mass is 35.5. The molecule has 0 spiro atoms. The standard InChI is InChI=1S/C11H10ClN3O/c1-15-5-3-10(14-15)11(16)6-8-2-4-13-7-9(8)12/h2-5,7H,6H2,1H3. The van der Waals surface area contributed by atoms with E-state index in [2.05, 4.69) is 10.1 Å². The number of aryl methyl sites for hydroxylation is 1. The molecule has 2 aromatic rings. The predicted octanol–water partition coefficient (Wildman–Crippen LogP) is 1.89. The molecule has 0 N–H and O–H groups in total. The molecule has 0 radical (unpaired) electrons. The van der Waals surface area contributed by atoms with E-state index in [0.29, 0.717) is 10.7 Å². The number of pyridine rings is 1. The molecule has 16 heavy (non-hydrogen) atoms. The van der Waals surface area contributed by atoms with Gasteiger partial charge in [0.05, 0.1) is 5.02 Å². The van der Waals surface area contributed by atoms with Crippen molar-refractivity contribution in [2.24, 2.45) is 7.05 Å². The fourth-order valence-electron chi connectivity index (χ4n) is 1.37. The van der Waals surface area contributed by atoms with Gasteiger partial charge in [0.15, 0.2) is 5.78 Å². The molecule has 0 atom stereocenters. The van der Waals surface area contributed by atoms with Gasteiger partial charge in [0.25, 0.3) is 0 Å². The third-order valence-electron chi connectivity index (χ3n) is 2.21. The Labute approximate surface area is 97.9 Å². The maximum atomic E-state index is 11.8. The second kappa shape index (κ2) is 4.45. The lowest BCUT2D eigenvalue weighted by Gasteiger charge is -2.00. The Bertz CT molecular complexity index is 521. The van der Waals surface area contributed by atoms with Gasteiger partial charge < -0.3 is 0 Å². The molecule has 0 aliphatic rings. The Hall–Kier alpha value is -1.68. The minimum Gasteiger partial charge on any atom is -0.292 e. The first-order chi connectivity index (χ1) is 7.66. The number of carbonyl (C=O) groups excluding carboxylic acids is 1. The number of hydrogen-bond acceptors (Lipinski definition) is 3. The van der Waals surface area contributed by atoms with Crippen LogP contribution in [0.2, 0.25) is 5.02 Å². The van der Waals surface area contributed by atoms with Crippen LogP contribution in [0.3, 0.4) is 0 Å². The number of aromatic nitrogens is 3. The Balaban J connectivity index is 2.17. The highest BCUT2D eigenvalue weighted by Gasteiger charge is 2.11. The van der Waals surface area contributed by atoms with Crippen LogP contribution in [0.25, 0.3) is 0 Å². The van der Waals surface area contributed by atoms with Crippen molar-refractivity contribution in [2.75, 3.05) is 0 Å². The van der Waals surface area contributed by atoms with Crippen molar-refractivity contribution in [3.8, 4) is 0 Å². The molecular weight excluding hydrogens is 226 g/mol. The summed E-state index contributed by atoms with van der Waals surface area (Å²) in [5, 5.41) is 4.55. The lowest BCUT2D eigenvalue weighted by atomic mass is 10.1. The molecule has 0 bridgehead atoms. The van der Waals surface area contributed by atoms with Gasteiger partial charge in [-0.15, -0.1) is 0 Å². The molecule has 82 valence electrons. The molecule has 0 aliphatic carbocycles. The normalized spacial score (nSPS) is 10.4. The molecule has 2 aromatic heterocycles. The molecule has 0 unspecified atom stereocenters. The number of hydrogen-bond donors (Lipinski definition) is 0. The minimum absolute atomic E-state index is 0.0475. The second-order valence-corrected chi connectivity index (χ2v) is 3.85. The second-order valence-electron chi connectivity index (χ2n) is 3.44. The molecule has 5 heteroatoms. The molecule has 0 saturated heterocycles. The van der Waals surface area contributed by atoms with Crippen molar-refractivity contribution in [2.45, 2.75) is 6.42 Å². The molecular formula is C11H10ClN3O. The molecule has 0 fully saturated rings. The van der Waals surface area contributed by atoms with E-state index in [0.717, 1.165) is 5.56 Å². The summed E-state index contributed by atoms with van der Waals surface area (Å²) in [7, 11) is 1.77. The van der Waals surface area contributed by atoms with Crippen molar-refractivity contribution in [1.29, 1.82) is 0 Å². The van der Waals surface area contributed by atoms with Crippen LogP contribution in [0.5, 0.6) is 0 Å². The summed E-state index contributed by atoms with van der Waals surface area (Å²) in [6, 6.07) is 3.43. The van der Waals surface area contributed by atoms with E-state index in [1.54, 1.807) is 36.3 Å². The summed E-state index contributed by atoms with van der Waals surface area (Å²) in [6.45, 7) is 0. The number of nitrogens with zero attached hydrogens (tertiary/aromatic N) is 3. The van der Waals surface area contributed by atoms with Crippen LogP contribution >= 0.6 is 11.6 Å². The van der Waals surface area contributed by atoms with Gasteiger partial charge in [-0.3, -0.25) is 14.5 Å². The van der Waals surface area contributed by atoms with Gasteiger partial charge >= 0.3 is 0 Å². The lowest BCUT2D eigenvalue weighted by molar-refractivity contribution is 0.0987. The SMILES string of the molecule is Cn1ccc(C(=O)Cc2ccncc2Cl)n1. The topological polar surface area (TPSA) is 47.8 Å². The Morgan fingerprint density at radius 2 is 2.31 bits per heavy atom. The van der Waals surface area contributed by atoms with Crippen LogP contribution in [-0.4, -0.2) is 20.5 Å². The summed E-state index contributed by atoms with van der Waals surface area (Å²) >= 11 is 5.92. The number of carbonyl (C=O) groups is 1. The number of Topliss-reactive ketones (excluding diaryl/α,β-unsaturated/α-hetero) is 1. The average Bonchev–Trinajstić information content (AvgIpc) is 2.68. The van der Waals surface area contributed by atoms with E-state index < -0.39 is 0 Å². The first-order valence-corrected chi connectivity index (χ1v) is 5.16. The number of halogens is 1. The molecule has 2 heterocycles. The molecule has 2 rings (SSSR count). The fraction of sp³-hybridized carbons (Fsp3) is 0.182. The molecule has 0 amide bonds. The smallest absolute Gasteiger partial charge is 0.187 e. The maximum absolute atomic E-state index is 11.8. The van der Waals surface area contributed by atoms with Crippen LogP contribution < -0.4 is 0 Å². The zero-order valence-electron chi connectivity index (χ0n) is 8.72. The van der Waals surface area contributed by atoms with Gasteiger partial charge in [-0.25, -0.2) is 0 Å². The van der Waals surface area contributed by atoms with E-state index in [4.69, 9.17) is 11.6 Å². The summed E-state index contributed by atoms with van der Waals surface area (Å²) < 4.78 is 1.60. The molecule has 0 aliphatic heterocycles. The first-order valence-electron chi connectivity index (χ1n) is 4.78. The highest BCUT2D eigenvalue weighted by molar-refractivity contribution is 6.31.